The molecule has 0 aliphatic heterocycles. The maximum Gasteiger partial charge on any atom is 0.255 e. The molecule has 0 atom stereocenters. The van der Waals surface area contributed by atoms with Crippen molar-refractivity contribution in [3.05, 3.63) is 95.6 Å². The van der Waals surface area contributed by atoms with Crippen molar-refractivity contribution in [1.82, 2.24) is 0 Å². The molecule has 1 amide bonds. The summed E-state index contributed by atoms with van der Waals surface area (Å²) in [6.45, 7) is 2.58. The minimum Gasteiger partial charge on any atom is -0.489 e. The van der Waals surface area contributed by atoms with Crippen LogP contribution < -0.4 is 10.1 Å². The first-order valence-corrected chi connectivity index (χ1v) is 8.42. The second kappa shape index (κ2) is 8.15. The Morgan fingerprint density at radius 2 is 1.56 bits per heavy atom. The Labute approximate surface area is 148 Å². The number of aryl methyl sites for hydroxylation is 1. The number of hydrogen-bond donors (Lipinski definition) is 1. The van der Waals surface area contributed by atoms with Gasteiger partial charge in [0.05, 0.1) is 0 Å². The molecular weight excluding hydrogens is 310 g/mol. The number of carbonyl (C=O) groups excluding carboxylic acids is 1. The molecule has 25 heavy (non-hydrogen) atoms. The van der Waals surface area contributed by atoms with Gasteiger partial charge in [0.25, 0.3) is 5.91 Å². The molecule has 0 heterocycles. The molecule has 0 saturated carbocycles. The summed E-state index contributed by atoms with van der Waals surface area (Å²) in [7, 11) is 0. The lowest BCUT2D eigenvalue weighted by atomic mass is 10.1. The Balaban J connectivity index is 1.62. The van der Waals surface area contributed by atoms with E-state index in [4.69, 9.17) is 4.74 Å². The smallest absolute Gasteiger partial charge is 0.255 e. The van der Waals surface area contributed by atoms with Gasteiger partial charge in [-0.2, -0.15) is 0 Å². The summed E-state index contributed by atoms with van der Waals surface area (Å²) >= 11 is 0. The van der Waals surface area contributed by atoms with Crippen LogP contribution in [0.2, 0.25) is 0 Å². The molecule has 0 bridgehead atoms. The predicted octanol–water partition coefficient (Wildman–Crippen LogP) is 5.08. The fraction of sp³-hybridized carbons (Fsp3) is 0.136. The quantitative estimate of drug-likeness (QED) is 0.684. The lowest BCUT2D eigenvalue weighted by molar-refractivity contribution is 0.102. The van der Waals surface area contributed by atoms with Gasteiger partial charge in [0.2, 0.25) is 0 Å². The third-order valence-electron chi connectivity index (χ3n) is 4.01. The highest BCUT2D eigenvalue weighted by Gasteiger charge is 2.08. The van der Waals surface area contributed by atoms with Crippen LogP contribution in [0.1, 0.15) is 28.4 Å². The van der Waals surface area contributed by atoms with Gasteiger partial charge in [0, 0.05) is 11.3 Å². The van der Waals surface area contributed by atoms with Gasteiger partial charge in [-0.1, -0.05) is 55.5 Å². The number of carbonyl (C=O) groups is 1. The maximum atomic E-state index is 12.4. The Kier molecular flexibility index (Phi) is 5.47. The molecule has 0 fully saturated rings. The Hall–Kier alpha value is -3.07. The van der Waals surface area contributed by atoms with Crippen LogP contribution >= 0.6 is 0 Å². The van der Waals surface area contributed by atoms with Crippen LogP contribution in [0.3, 0.4) is 0 Å². The molecule has 1 N–H and O–H groups in total. The van der Waals surface area contributed by atoms with Gasteiger partial charge < -0.3 is 10.1 Å². The highest BCUT2D eigenvalue weighted by Crippen LogP contribution is 2.18. The van der Waals surface area contributed by atoms with E-state index >= 15 is 0 Å². The predicted molar refractivity (Wildman–Crippen MR) is 101 cm³/mol. The monoisotopic (exact) mass is 331 g/mol. The molecule has 0 radical (unpaired) electrons. The Morgan fingerprint density at radius 3 is 2.28 bits per heavy atom. The molecular formula is C22H21NO2. The van der Waals surface area contributed by atoms with Crippen LogP contribution in [0.25, 0.3) is 0 Å². The number of para-hydroxylation sites is 1. The summed E-state index contributed by atoms with van der Waals surface area (Å²) in [5.41, 5.74) is 3.71. The molecule has 3 nitrogen and oxygen atoms in total. The molecule has 0 aliphatic rings. The molecule has 3 rings (SSSR count). The Bertz CT molecular complexity index is 826. The lowest BCUT2D eigenvalue weighted by Gasteiger charge is -2.10. The second-order valence-electron chi connectivity index (χ2n) is 5.76. The molecule has 0 aromatic heterocycles. The number of anilines is 1. The van der Waals surface area contributed by atoms with Crippen molar-refractivity contribution in [3.63, 3.8) is 0 Å². The first kappa shape index (κ1) is 16.8. The summed E-state index contributed by atoms with van der Waals surface area (Å²) in [6.07, 6.45) is 0.878. The van der Waals surface area contributed by atoms with Gasteiger partial charge in [-0.05, 0) is 47.9 Å². The molecule has 3 aromatic carbocycles. The van der Waals surface area contributed by atoms with Crippen molar-refractivity contribution in [1.29, 1.82) is 0 Å². The third kappa shape index (κ3) is 4.48. The van der Waals surface area contributed by atoms with Crippen LogP contribution in [0.4, 0.5) is 5.69 Å². The van der Waals surface area contributed by atoms with Gasteiger partial charge >= 0.3 is 0 Å². The van der Waals surface area contributed by atoms with Crippen LogP contribution in [-0.2, 0) is 13.0 Å². The van der Waals surface area contributed by atoms with Crippen LogP contribution in [0.15, 0.2) is 78.9 Å². The molecule has 3 aromatic rings. The first-order valence-electron chi connectivity index (χ1n) is 8.42. The van der Waals surface area contributed by atoms with Gasteiger partial charge in [-0.3, -0.25) is 4.79 Å². The summed E-state index contributed by atoms with van der Waals surface area (Å²) in [5, 5.41) is 2.98. The highest BCUT2D eigenvalue weighted by atomic mass is 16.5. The maximum absolute atomic E-state index is 12.4. The van der Waals surface area contributed by atoms with Crippen molar-refractivity contribution >= 4 is 11.6 Å². The van der Waals surface area contributed by atoms with Crippen molar-refractivity contribution in [2.75, 3.05) is 5.32 Å². The molecule has 0 unspecified atom stereocenters. The zero-order valence-corrected chi connectivity index (χ0v) is 14.2. The van der Waals surface area contributed by atoms with Gasteiger partial charge in [-0.15, -0.1) is 0 Å². The summed E-state index contributed by atoms with van der Waals surface area (Å²) < 4.78 is 5.75. The summed E-state index contributed by atoms with van der Waals surface area (Å²) in [4.78, 5) is 12.4. The van der Waals surface area contributed by atoms with E-state index in [1.54, 1.807) is 12.1 Å². The topological polar surface area (TPSA) is 38.3 Å². The second-order valence-corrected chi connectivity index (χ2v) is 5.76. The molecule has 126 valence electrons. The summed E-state index contributed by atoms with van der Waals surface area (Å²) in [5.74, 6) is 0.630. The number of nitrogens with one attached hydrogen (secondary N) is 1. The van der Waals surface area contributed by atoms with E-state index in [-0.39, 0.29) is 5.91 Å². The van der Waals surface area contributed by atoms with Crippen LogP contribution in [0, 0.1) is 0 Å². The van der Waals surface area contributed by atoms with E-state index in [2.05, 4.69) is 12.2 Å². The third-order valence-corrected chi connectivity index (χ3v) is 4.01. The normalized spacial score (nSPS) is 10.3. The van der Waals surface area contributed by atoms with Crippen molar-refractivity contribution in [2.24, 2.45) is 0 Å². The SMILES string of the molecule is CCc1ccccc1NC(=O)c1ccc(OCc2ccccc2)cc1. The highest BCUT2D eigenvalue weighted by molar-refractivity contribution is 6.04. The number of rotatable bonds is 6. The molecule has 0 saturated heterocycles. The first-order chi connectivity index (χ1) is 12.3. The van der Waals surface area contributed by atoms with E-state index in [0.717, 1.165) is 29.0 Å². The van der Waals surface area contributed by atoms with Crippen molar-refractivity contribution in [2.45, 2.75) is 20.0 Å². The van der Waals surface area contributed by atoms with Crippen molar-refractivity contribution < 1.29 is 9.53 Å². The number of ether oxygens (including phenoxy) is 1. The molecule has 0 aliphatic carbocycles. The average Bonchev–Trinajstić information content (AvgIpc) is 2.68. The zero-order chi connectivity index (χ0) is 17.5. The number of amides is 1. The van der Waals surface area contributed by atoms with Gasteiger partial charge in [0.15, 0.2) is 0 Å². The van der Waals surface area contributed by atoms with Crippen LogP contribution in [0.5, 0.6) is 5.75 Å². The number of hydrogen-bond acceptors (Lipinski definition) is 2. The van der Waals surface area contributed by atoms with E-state index < -0.39 is 0 Å². The standard InChI is InChI=1S/C22H21NO2/c1-2-18-10-6-7-11-21(18)23-22(24)19-12-14-20(15-13-19)25-16-17-8-4-3-5-9-17/h3-15H,2,16H2,1H3,(H,23,24). The van der Waals surface area contributed by atoms with E-state index in [1.807, 2.05) is 66.7 Å². The van der Waals surface area contributed by atoms with E-state index in [0.29, 0.717) is 12.2 Å². The Morgan fingerprint density at radius 1 is 0.880 bits per heavy atom. The number of benzene rings is 3. The average molecular weight is 331 g/mol. The van der Waals surface area contributed by atoms with E-state index in [9.17, 15) is 4.79 Å². The zero-order valence-electron chi connectivity index (χ0n) is 14.2. The van der Waals surface area contributed by atoms with Gasteiger partial charge in [-0.25, -0.2) is 0 Å². The largest absolute Gasteiger partial charge is 0.489 e. The molecule has 3 heteroatoms. The van der Waals surface area contributed by atoms with Crippen molar-refractivity contribution in [3.8, 4) is 5.75 Å². The minimum atomic E-state index is -0.115. The molecule has 0 spiro atoms. The van der Waals surface area contributed by atoms with E-state index in [1.165, 1.54) is 0 Å². The minimum absolute atomic E-state index is 0.115. The van der Waals surface area contributed by atoms with Crippen LogP contribution in [-0.4, -0.2) is 5.91 Å². The lowest BCUT2D eigenvalue weighted by Crippen LogP contribution is -2.13. The fourth-order valence-corrected chi connectivity index (χ4v) is 2.59. The summed E-state index contributed by atoms with van der Waals surface area (Å²) in [6, 6.07) is 25.1. The fourth-order valence-electron chi connectivity index (χ4n) is 2.59. The van der Waals surface area contributed by atoms with Gasteiger partial charge in [0.1, 0.15) is 12.4 Å².